The zero-order valence-corrected chi connectivity index (χ0v) is 12.1. The molecular weight excluding hydrogens is 308 g/mol. The summed E-state index contributed by atoms with van der Waals surface area (Å²) < 4.78 is 0.590. The molecule has 96 valence electrons. The van der Waals surface area contributed by atoms with Gasteiger partial charge in [0.05, 0.1) is 29.2 Å². The molecule has 1 saturated carbocycles. The third kappa shape index (κ3) is 1.50. The summed E-state index contributed by atoms with van der Waals surface area (Å²) >= 11 is 3.32. The van der Waals surface area contributed by atoms with Crippen molar-refractivity contribution in [1.29, 1.82) is 5.26 Å². The number of carbonyl (C=O) groups is 2. The summed E-state index contributed by atoms with van der Waals surface area (Å²) in [6, 6.07) is 6.88. The molecule has 2 fully saturated rings. The lowest BCUT2D eigenvalue weighted by Crippen LogP contribution is -2.36. The smallest absolute Gasteiger partial charge is 0.238 e. The first-order valence-electron chi connectivity index (χ1n) is 5.97. The topological polar surface area (TPSA) is 61.2 Å². The molecule has 2 atom stereocenters. The van der Waals surface area contributed by atoms with Crippen molar-refractivity contribution in [1.82, 2.24) is 0 Å². The molecule has 2 unspecified atom stereocenters. The average Bonchev–Trinajstić information content (AvgIpc) is 2.81. The highest BCUT2D eigenvalue weighted by Gasteiger charge is 2.72. The van der Waals surface area contributed by atoms with Gasteiger partial charge in [-0.25, -0.2) is 4.90 Å². The molecule has 0 bridgehead atoms. The van der Waals surface area contributed by atoms with E-state index in [1.165, 1.54) is 4.90 Å². The summed E-state index contributed by atoms with van der Waals surface area (Å²) in [5.41, 5.74) is 0.807. The van der Waals surface area contributed by atoms with Gasteiger partial charge in [-0.1, -0.05) is 13.8 Å². The van der Waals surface area contributed by atoms with E-state index in [2.05, 4.69) is 15.9 Å². The number of amides is 2. The van der Waals surface area contributed by atoms with Gasteiger partial charge in [0.1, 0.15) is 0 Å². The van der Waals surface area contributed by atoms with Gasteiger partial charge in [-0.3, -0.25) is 9.59 Å². The van der Waals surface area contributed by atoms with Crippen molar-refractivity contribution >= 4 is 33.4 Å². The first-order chi connectivity index (χ1) is 8.89. The number of fused-ring (bicyclic) bond motifs is 1. The largest absolute Gasteiger partial charge is 0.274 e. The quantitative estimate of drug-likeness (QED) is 0.747. The Morgan fingerprint density at radius 2 is 1.84 bits per heavy atom. The highest BCUT2D eigenvalue weighted by molar-refractivity contribution is 9.10. The molecule has 3 rings (SSSR count). The number of hydrogen-bond acceptors (Lipinski definition) is 3. The first kappa shape index (κ1) is 12.4. The Balaban J connectivity index is 2.00. The predicted octanol–water partition coefficient (Wildman–Crippen LogP) is 2.47. The van der Waals surface area contributed by atoms with Crippen molar-refractivity contribution in [3.05, 3.63) is 28.2 Å². The van der Waals surface area contributed by atoms with Crippen LogP contribution in [0, 0.1) is 28.6 Å². The molecule has 1 aromatic rings. The molecule has 1 aliphatic heterocycles. The normalized spacial score (nSPS) is 27.2. The molecule has 1 heterocycles. The van der Waals surface area contributed by atoms with Crippen molar-refractivity contribution in [2.45, 2.75) is 13.8 Å². The number of hydrogen-bond donors (Lipinski definition) is 0. The minimum Gasteiger partial charge on any atom is -0.274 e. The van der Waals surface area contributed by atoms with Crippen LogP contribution in [0.3, 0.4) is 0 Å². The highest BCUT2D eigenvalue weighted by atomic mass is 79.9. The Hall–Kier alpha value is -1.67. The minimum atomic E-state index is -0.205. The molecule has 0 radical (unpaired) electrons. The van der Waals surface area contributed by atoms with Crippen molar-refractivity contribution < 1.29 is 9.59 Å². The van der Waals surface area contributed by atoms with Crippen LogP contribution in [0.5, 0.6) is 0 Å². The van der Waals surface area contributed by atoms with Gasteiger partial charge in [-0.2, -0.15) is 5.26 Å². The van der Waals surface area contributed by atoms with Gasteiger partial charge in [0.15, 0.2) is 0 Å². The van der Waals surface area contributed by atoms with Crippen LogP contribution >= 0.6 is 15.9 Å². The van der Waals surface area contributed by atoms with E-state index in [0.29, 0.717) is 15.7 Å². The fourth-order valence-corrected chi connectivity index (χ4v) is 3.50. The summed E-state index contributed by atoms with van der Waals surface area (Å²) in [6.45, 7) is 3.90. The first-order valence-corrected chi connectivity index (χ1v) is 6.76. The number of rotatable bonds is 1. The van der Waals surface area contributed by atoms with E-state index >= 15 is 0 Å². The number of carbonyl (C=O) groups excluding carboxylic acids is 2. The third-order valence-electron chi connectivity index (χ3n) is 4.12. The lowest BCUT2D eigenvalue weighted by Gasteiger charge is -2.21. The summed E-state index contributed by atoms with van der Waals surface area (Å²) in [5.74, 6) is -0.652. The van der Waals surface area contributed by atoms with Crippen molar-refractivity contribution in [3.8, 4) is 6.07 Å². The Morgan fingerprint density at radius 1 is 1.26 bits per heavy atom. The second kappa shape index (κ2) is 3.67. The Bertz CT molecular complexity index is 636. The summed E-state index contributed by atoms with van der Waals surface area (Å²) in [4.78, 5) is 25.8. The van der Waals surface area contributed by atoms with E-state index in [1.54, 1.807) is 18.2 Å². The van der Waals surface area contributed by atoms with Gasteiger partial charge in [-0.15, -0.1) is 0 Å². The maximum Gasteiger partial charge on any atom is 0.238 e. The van der Waals surface area contributed by atoms with Gasteiger partial charge in [0, 0.05) is 4.47 Å². The van der Waals surface area contributed by atoms with Crippen LogP contribution < -0.4 is 4.90 Å². The maximum absolute atomic E-state index is 12.3. The molecule has 5 heteroatoms. The second-order valence-electron chi connectivity index (χ2n) is 5.57. The van der Waals surface area contributed by atoms with Crippen LogP contribution in [0.4, 0.5) is 5.69 Å². The SMILES string of the molecule is CC1(C)C2C(=O)N(c3ccc(C#N)cc3Br)C(=O)C21. The van der Waals surface area contributed by atoms with Crippen LogP contribution in [0.15, 0.2) is 22.7 Å². The summed E-state index contributed by atoms with van der Waals surface area (Å²) in [5, 5.41) is 8.82. The Kier molecular flexibility index (Phi) is 2.39. The fraction of sp³-hybridized carbons (Fsp3) is 0.357. The average molecular weight is 319 g/mol. The predicted molar refractivity (Wildman–Crippen MR) is 72.1 cm³/mol. The molecule has 0 N–H and O–H groups in total. The van der Waals surface area contributed by atoms with Gasteiger partial charge < -0.3 is 0 Å². The second-order valence-corrected chi connectivity index (χ2v) is 6.42. The van der Waals surface area contributed by atoms with Crippen LogP contribution in [-0.2, 0) is 9.59 Å². The number of imide groups is 1. The summed E-state index contributed by atoms with van der Waals surface area (Å²) in [7, 11) is 0. The minimum absolute atomic E-state index is 0.134. The molecule has 2 amide bonds. The van der Waals surface area contributed by atoms with Gasteiger partial charge in [0.2, 0.25) is 11.8 Å². The lowest BCUT2D eigenvalue weighted by molar-refractivity contribution is -0.125. The van der Waals surface area contributed by atoms with Gasteiger partial charge in [0.25, 0.3) is 0 Å². The highest BCUT2D eigenvalue weighted by Crippen LogP contribution is 2.63. The van der Waals surface area contributed by atoms with Crippen molar-refractivity contribution in [2.75, 3.05) is 4.90 Å². The van der Waals surface area contributed by atoms with Crippen molar-refractivity contribution in [2.24, 2.45) is 17.3 Å². The zero-order chi connectivity index (χ0) is 13.9. The van der Waals surface area contributed by atoms with Crippen LogP contribution in [0.25, 0.3) is 0 Å². The zero-order valence-electron chi connectivity index (χ0n) is 10.5. The van der Waals surface area contributed by atoms with Crippen LogP contribution in [0.1, 0.15) is 19.4 Å². The van der Waals surface area contributed by atoms with E-state index in [-0.39, 0.29) is 29.1 Å². The van der Waals surface area contributed by atoms with Crippen LogP contribution in [-0.4, -0.2) is 11.8 Å². The van der Waals surface area contributed by atoms with E-state index in [0.717, 1.165) is 0 Å². The fourth-order valence-electron chi connectivity index (χ4n) is 2.94. The number of anilines is 1. The Morgan fingerprint density at radius 3 is 2.32 bits per heavy atom. The standard InChI is InChI=1S/C14H11BrN2O2/c1-14(2)10-11(14)13(19)17(12(10)18)9-4-3-7(6-16)5-8(9)15/h3-5,10-11H,1-2H3. The number of benzene rings is 1. The van der Waals surface area contributed by atoms with Gasteiger partial charge in [-0.05, 0) is 39.5 Å². The molecule has 0 spiro atoms. The third-order valence-corrected chi connectivity index (χ3v) is 4.75. The number of halogens is 1. The van der Waals surface area contributed by atoms with Crippen molar-refractivity contribution in [3.63, 3.8) is 0 Å². The lowest BCUT2D eigenvalue weighted by atomic mass is 10.0. The molecule has 1 aromatic carbocycles. The Labute approximate surface area is 119 Å². The molecule has 19 heavy (non-hydrogen) atoms. The summed E-state index contributed by atoms with van der Waals surface area (Å²) in [6.07, 6.45) is 0. The van der Waals surface area contributed by atoms with Gasteiger partial charge >= 0.3 is 0 Å². The molecule has 1 saturated heterocycles. The molecule has 1 aliphatic carbocycles. The maximum atomic E-state index is 12.3. The molecule has 0 aromatic heterocycles. The van der Waals surface area contributed by atoms with E-state index in [1.807, 2.05) is 19.9 Å². The molecule has 2 aliphatic rings. The van der Waals surface area contributed by atoms with E-state index in [9.17, 15) is 9.59 Å². The van der Waals surface area contributed by atoms with E-state index in [4.69, 9.17) is 5.26 Å². The molecular formula is C14H11BrN2O2. The molecule has 4 nitrogen and oxygen atoms in total. The van der Waals surface area contributed by atoms with E-state index < -0.39 is 0 Å². The monoisotopic (exact) mass is 318 g/mol. The number of piperidine rings is 1. The number of nitriles is 1. The number of nitrogens with zero attached hydrogens (tertiary/aromatic N) is 2. The van der Waals surface area contributed by atoms with Crippen LogP contribution in [0.2, 0.25) is 0 Å².